The highest BCUT2D eigenvalue weighted by Gasteiger charge is 2.22. The number of anilines is 3. The zero-order valence-electron chi connectivity index (χ0n) is 32.0. The molecule has 0 bridgehead atoms. The summed E-state index contributed by atoms with van der Waals surface area (Å²) in [5, 5.41) is 9.25. The Balaban J connectivity index is 1.04. The Hall–Kier alpha value is -7.88. The van der Waals surface area contributed by atoms with Crippen LogP contribution >= 0.6 is 0 Å². The molecule has 12 rings (SSSR count). The summed E-state index contributed by atoms with van der Waals surface area (Å²) in [4.78, 5) is 2.39. The van der Waals surface area contributed by atoms with Crippen molar-refractivity contribution in [1.29, 1.82) is 0 Å². The highest BCUT2D eigenvalue weighted by atomic mass is 16.3. The Bertz CT molecular complexity index is 3550. The molecule has 0 fully saturated rings. The zero-order chi connectivity index (χ0) is 38.9. The number of hydrogen-bond acceptors (Lipinski definition) is 3. The Labute approximate surface area is 340 Å². The molecule has 0 amide bonds. The highest BCUT2D eigenvalue weighted by molar-refractivity contribution is 6.20. The molecule has 0 atom stereocenters. The fourth-order valence-corrected chi connectivity index (χ4v) is 9.17. The van der Waals surface area contributed by atoms with Gasteiger partial charge < -0.3 is 13.7 Å². The molecule has 0 aliphatic rings. The third-order valence-electron chi connectivity index (χ3n) is 11.9. The lowest BCUT2D eigenvalue weighted by Crippen LogP contribution is -2.11. The summed E-state index contributed by atoms with van der Waals surface area (Å²) in [5.74, 6) is 0. The summed E-state index contributed by atoms with van der Waals surface area (Å²) < 4.78 is 12.9. The molecule has 3 heteroatoms. The van der Waals surface area contributed by atoms with Crippen molar-refractivity contribution in [3.8, 4) is 33.4 Å². The van der Waals surface area contributed by atoms with Gasteiger partial charge in [0.25, 0.3) is 0 Å². The van der Waals surface area contributed by atoms with E-state index in [1.807, 2.05) is 12.1 Å². The number of nitrogens with zero attached hydrogens (tertiary/aromatic N) is 1. The van der Waals surface area contributed by atoms with Crippen LogP contribution in [-0.2, 0) is 0 Å². The molecule has 0 saturated carbocycles. The zero-order valence-corrected chi connectivity index (χ0v) is 32.0. The van der Waals surface area contributed by atoms with Gasteiger partial charge in [-0.3, -0.25) is 0 Å². The van der Waals surface area contributed by atoms with Crippen LogP contribution < -0.4 is 4.90 Å². The van der Waals surface area contributed by atoms with Crippen molar-refractivity contribution in [2.45, 2.75) is 0 Å². The van der Waals surface area contributed by atoms with E-state index in [4.69, 9.17) is 8.83 Å². The quantitative estimate of drug-likeness (QED) is 0.169. The molecule has 0 N–H and O–H groups in total. The van der Waals surface area contributed by atoms with Gasteiger partial charge in [-0.1, -0.05) is 158 Å². The lowest BCUT2D eigenvalue weighted by molar-refractivity contribution is 0.669. The normalized spacial score (nSPS) is 11.7. The second-order valence-corrected chi connectivity index (χ2v) is 15.2. The van der Waals surface area contributed by atoms with E-state index in [1.54, 1.807) is 0 Å². The van der Waals surface area contributed by atoms with Gasteiger partial charge in [-0.25, -0.2) is 0 Å². The topological polar surface area (TPSA) is 29.5 Å². The summed E-state index contributed by atoms with van der Waals surface area (Å²) >= 11 is 0. The summed E-state index contributed by atoms with van der Waals surface area (Å²) in [6.45, 7) is 0. The Kier molecular flexibility index (Phi) is 7.54. The Morgan fingerprint density at radius 2 is 0.797 bits per heavy atom. The lowest BCUT2D eigenvalue weighted by Gasteiger charge is -2.28. The average Bonchev–Trinajstić information content (AvgIpc) is 3.89. The first-order chi connectivity index (χ1) is 29.3. The predicted octanol–water partition coefficient (Wildman–Crippen LogP) is 16.3. The fourth-order valence-electron chi connectivity index (χ4n) is 9.17. The van der Waals surface area contributed by atoms with E-state index < -0.39 is 0 Å². The minimum atomic E-state index is 0.875. The number of para-hydroxylation sites is 2. The van der Waals surface area contributed by atoms with Crippen LogP contribution in [0.1, 0.15) is 0 Å². The van der Waals surface area contributed by atoms with E-state index in [9.17, 15) is 0 Å². The molecule has 59 heavy (non-hydrogen) atoms. The summed E-state index contributed by atoms with van der Waals surface area (Å²) in [7, 11) is 0. The van der Waals surface area contributed by atoms with Gasteiger partial charge in [0.1, 0.15) is 22.3 Å². The Morgan fingerprint density at radius 1 is 0.288 bits per heavy atom. The van der Waals surface area contributed by atoms with Crippen molar-refractivity contribution >= 4 is 82.5 Å². The molecular formula is C56H35NO2. The molecule has 0 unspecified atom stereocenters. The van der Waals surface area contributed by atoms with Crippen LogP contribution in [0.2, 0.25) is 0 Å². The maximum Gasteiger partial charge on any atom is 0.143 e. The van der Waals surface area contributed by atoms with E-state index >= 15 is 0 Å². The molecular weight excluding hydrogens is 719 g/mol. The first-order valence-electron chi connectivity index (χ1n) is 20.1. The van der Waals surface area contributed by atoms with E-state index in [1.165, 1.54) is 27.3 Å². The largest absolute Gasteiger partial charge is 0.456 e. The molecule has 10 aromatic carbocycles. The number of hydrogen-bond donors (Lipinski definition) is 0. The van der Waals surface area contributed by atoms with Crippen molar-refractivity contribution in [2.75, 3.05) is 4.90 Å². The molecule has 0 saturated heterocycles. The van der Waals surface area contributed by atoms with Crippen LogP contribution in [0.4, 0.5) is 17.1 Å². The fraction of sp³-hybridized carbons (Fsp3) is 0. The molecule has 276 valence electrons. The number of benzene rings is 10. The van der Waals surface area contributed by atoms with Crippen molar-refractivity contribution < 1.29 is 8.83 Å². The number of fused-ring (bicyclic) bond motifs is 9. The van der Waals surface area contributed by atoms with Crippen molar-refractivity contribution in [2.24, 2.45) is 0 Å². The maximum absolute atomic E-state index is 6.67. The molecule has 0 aliphatic carbocycles. The third kappa shape index (κ3) is 5.36. The van der Waals surface area contributed by atoms with Gasteiger partial charge in [0.2, 0.25) is 0 Å². The summed E-state index contributed by atoms with van der Waals surface area (Å²) in [6, 6.07) is 75.7. The van der Waals surface area contributed by atoms with Gasteiger partial charge >= 0.3 is 0 Å². The van der Waals surface area contributed by atoms with Gasteiger partial charge in [-0.15, -0.1) is 0 Å². The van der Waals surface area contributed by atoms with E-state index in [0.29, 0.717) is 0 Å². The number of rotatable bonds is 6. The van der Waals surface area contributed by atoms with E-state index in [-0.39, 0.29) is 0 Å². The van der Waals surface area contributed by atoms with Gasteiger partial charge in [-0.05, 0) is 98.6 Å². The molecule has 12 aromatic rings. The molecule has 3 nitrogen and oxygen atoms in total. The van der Waals surface area contributed by atoms with Crippen molar-refractivity contribution in [3.05, 3.63) is 212 Å². The van der Waals surface area contributed by atoms with Crippen LogP contribution in [0.25, 0.3) is 98.8 Å². The van der Waals surface area contributed by atoms with Crippen LogP contribution in [-0.4, -0.2) is 0 Å². The molecule has 0 spiro atoms. The minimum absolute atomic E-state index is 0.875. The summed E-state index contributed by atoms with van der Waals surface area (Å²) in [5.41, 5.74) is 13.7. The monoisotopic (exact) mass is 753 g/mol. The third-order valence-corrected chi connectivity index (χ3v) is 11.9. The minimum Gasteiger partial charge on any atom is -0.456 e. The average molecular weight is 754 g/mol. The summed E-state index contributed by atoms with van der Waals surface area (Å²) in [6.07, 6.45) is 0. The first-order valence-corrected chi connectivity index (χ1v) is 20.1. The van der Waals surface area contributed by atoms with Crippen LogP contribution in [0.5, 0.6) is 0 Å². The second-order valence-electron chi connectivity index (χ2n) is 15.2. The van der Waals surface area contributed by atoms with Crippen LogP contribution in [0.3, 0.4) is 0 Å². The van der Waals surface area contributed by atoms with Gasteiger partial charge in [0.05, 0.1) is 5.69 Å². The van der Waals surface area contributed by atoms with E-state index in [2.05, 4.69) is 205 Å². The molecule has 2 heterocycles. The van der Waals surface area contributed by atoms with Crippen molar-refractivity contribution in [3.63, 3.8) is 0 Å². The van der Waals surface area contributed by atoms with Crippen LogP contribution in [0, 0.1) is 0 Å². The van der Waals surface area contributed by atoms with E-state index in [0.717, 1.165) is 88.6 Å². The molecule has 2 aromatic heterocycles. The Morgan fingerprint density at radius 3 is 1.58 bits per heavy atom. The van der Waals surface area contributed by atoms with Gasteiger partial charge in [0, 0.05) is 43.9 Å². The van der Waals surface area contributed by atoms with Gasteiger partial charge in [0.15, 0.2) is 0 Å². The number of furan rings is 2. The lowest BCUT2D eigenvalue weighted by atomic mass is 9.95. The smallest absolute Gasteiger partial charge is 0.143 e. The van der Waals surface area contributed by atoms with Crippen molar-refractivity contribution in [1.82, 2.24) is 0 Å². The van der Waals surface area contributed by atoms with Crippen LogP contribution in [0.15, 0.2) is 221 Å². The highest BCUT2D eigenvalue weighted by Crippen LogP contribution is 2.46. The molecule has 0 aliphatic heterocycles. The first kappa shape index (κ1) is 33.3. The maximum atomic E-state index is 6.67. The predicted molar refractivity (Wildman–Crippen MR) is 247 cm³/mol. The second kappa shape index (κ2) is 13.4. The molecule has 0 radical (unpaired) electrons. The standard InChI is InChI=1S/C56H35NO2/c1-3-15-42-36(12-1)14-9-19-43(42)38-26-31-40(32-27-38)57(41-33-28-39(29-34-41)44-20-10-24-52-54(44)48-18-6-8-23-51(48)58-52)50-22-7-5-17-46(50)47-21-11-25-53-55(47)49-35-30-37-13-2-4-16-45(37)56(49)59-53/h1-35H. The SMILES string of the molecule is c1ccc(N(c2ccc(-c3cccc4ccccc34)cc2)c2ccc(-c3cccc4oc5ccccc5c34)cc2)c(-c2cccc3oc4c5ccccc5ccc4c23)c1. The van der Waals surface area contributed by atoms with Gasteiger partial charge in [-0.2, -0.15) is 0 Å².